The molecule has 1 unspecified atom stereocenters. The molecule has 0 aliphatic heterocycles. The molecule has 1 atom stereocenters. The van der Waals surface area contributed by atoms with Crippen LogP contribution in [0.5, 0.6) is 0 Å². The second-order valence-corrected chi connectivity index (χ2v) is 4.85. The normalized spacial score (nSPS) is 12.3. The van der Waals surface area contributed by atoms with E-state index in [9.17, 15) is 14.9 Å². The van der Waals surface area contributed by atoms with Crippen LogP contribution in [0.1, 0.15) is 17.3 Å². The molecule has 0 spiro atoms. The molecule has 7 heteroatoms. The van der Waals surface area contributed by atoms with Gasteiger partial charge in [-0.1, -0.05) is 11.6 Å². The highest BCUT2D eigenvalue weighted by Crippen LogP contribution is 2.24. The third-order valence-electron chi connectivity index (χ3n) is 2.84. The summed E-state index contributed by atoms with van der Waals surface area (Å²) in [6.45, 7) is 2.42. The van der Waals surface area contributed by atoms with Gasteiger partial charge in [0.15, 0.2) is 0 Å². The van der Waals surface area contributed by atoms with E-state index in [0.717, 1.165) is 0 Å². The van der Waals surface area contributed by atoms with Gasteiger partial charge in [0.25, 0.3) is 11.6 Å². The number of hydrogen-bond donors (Lipinski definition) is 1. The summed E-state index contributed by atoms with van der Waals surface area (Å²) in [4.78, 5) is 24.0. The maximum Gasteiger partial charge on any atom is 0.288 e. The Morgan fingerprint density at radius 3 is 2.68 bits per heavy atom. The molecule has 0 saturated heterocycles. The lowest BCUT2D eigenvalue weighted by atomic mass is 10.2. The summed E-state index contributed by atoms with van der Waals surface area (Å²) in [5, 5.41) is 13.5. The van der Waals surface area contributed by atoms with Gasteiger partial charge in [0.2, 0.25) is 0 Å². The minimum absolute atomic E-state index is 0.0169. The van der Waals surface area contributed by atoms with Gasteiger partial charge < -0.3 is 10.2 Å². The standard InChI is InChI=1S/C12H16ClN3O3/c1-8(15(2)3)7-14-12(17)9-4-5-10(13)11(6-9)16(18)19/h4-6,8H,7H2,1-3H3,(H,14,17). The van der Waals surface area contributed by atoms with Crippen molar-refractivity contribution in [3.63, 3.8) is 0 Å². The van der Waals surface area contributed by atoms with Gasteiger partial charge in [0, 0.05) is 24.2 Å². The molecule has 0 heterocycles. The van der Waals surface area contributed by atoms with Crippen molar-refractivity contribution in [3.05, 3.63) is 38.9 Å². The number of nitro groups is 1. The summed E-state index contributed by atoms with van der Waals surface area (Å²) in [5.41, 5.74) is -0.0444. The third-order valence-corrected chi connectivity index (χ3v) is 3.16. The van der Waals surface area contributed by atoms with Gasteiger partial charge in [-0.25, -0.2) is 0 Å². The number of nitro benzene ring substituents is 1. The van der Waals surface area contributed by atoms with Crippen LogP contribution in [0.3, 0.4) is 0 Å². The van der Waals surface area contributed by atoms with Crippen molar-refractivity contribution in [2.24, 2.45) is 0 Å². The Kier molecular flexibility index (Phi) is 5.26. The number of carbonyl (C=O) groups is 1. The summed E-state index contributed by atoms with van der Waals surface area (Å²) in [5.74, 6) is -0.353. The second kappa shape index (κ2) is 6.49. The topological polar surface area (TPSA) is 75.5 Å². The van der Waals surface area contributed by atoms with Crippen LogP contribution in [-0.4, -0.2) is 42.4 Å². The fraction of sp³-hybridized carbons (Fsp3) is 0.417. The lowest BCUT2D eigenvalue weighted by molar-refractivity contribution is -0.384. The Bertz CT molecular complexity index is 491. The number of benzene rings is 1. The Labute approximate surface area is 116 Å². The van der Waals surface area contributed by atoms with E-state index in [1.165, 1.54) is 18.2 Å². The fourth-order valence-corrected chi connectivity index (χ4v) is 1.51. The SMILES string of the molecule is CC(CNC(=O)c1ccc(Cl)c([N+](=O)[O-])c1)N(C)C. The van der Waals surface area contributed by atoms with E-state index in [-0.39, 0.29) is 28.2 Å². The van der Waals surface area contributed by atoms with E-state index in [1.54, 1.807) is 0 Å². The highest BCUT2D eigenvalue weighted by atomic mass is 35.5. The molecule has 0 aliphatic carbocycles. The van der Waals surface area contributed by atoms with E-state index in [1.807, 2.05) is 25.9 Å². The maximum atomic E-state index is 11.9. The van der Waals surface area contributed by atoms with Crippen LogP contribution in [0.4, 0.5) is 5.69 Å². The molecular formula is C12H16ClN3O3. The first-order valence-corrected chi connectivity index (χ1v) is 6.09. The number of likely N-dealkylation sites (N-methyl/N-ethyl adjacent to an activating group) is 1. The Morgan fingerprint density at radius 2 is 2.16 bits per heavy atom. The number of nitrogens with zero attached hydrogens (tertiary/aromatic N) is 2. The second-order valence-electron chi connectivity index (χ2n) is 4.45. The fourth-order valence-electron chi connectivity index (χ4n) is 1.32. The van der Waals surface area contributed by atoms with E-state index >= 15 is 0 Å². The highest BCUT2D eigenvalue weighted by Gasteiger charge is 2.16. The molecule has 104 valence electrons. The molecule has 0 bridgehead atoms. The molecule has 1 aromatic carbocycles. The van der Waals surface area contributed by atoms with Crippen molar-refractivity contribution in [1.29, 1.82) is 0 Å². The van der Waals surface area contributed by atoms with Crippen LogP contribution in [0.15, 0.2) is 18.2 Å². The van der Waals surface area contributed by atoms with E-state index in [2.05, 4.69) is 5.32 Å². The first kappa shape index (κ1) is 15.4. The number of hydrogen-bond acceptors (Lipinski definition) is 4. The average Bonchev–Trinajstić information content (AvgIpc) is 2.35. The van der Waals surface area contributed by atoms with Crippen LogP contribution >= 0.6 is 11.6 Å². The van der Waals surface area contributed by atoms with E-state index in [0.29, 0.717) is 6.54 Å². The quantitative estimate of drug-likeness (QED) is 0.662. The minimum Gasteiger partial charge on any atom is -0.350 e. The first-order chi connectivity index (χ1) is 8.82. The number of rotatable bonds is 5. The zero-order valence-electron chi connectivity index (χ0n) is 11.0. The predicted molar refractivity (Wildman–Crippen MR) is 73.6 cm³/mol. The van der Waals surface area contributed by atoms with Gasteiger partial charge in [-0.3, -0.25) is 14.9 Å². The minimum atomic E-state index is -0.610. The Balaban J connectivity index is 2.78. The van der Waals surface area contributed by atoms with Crippen LogP contribution in [0.25, 0.3) is 0 Å². The van der Waals surface area contributed by atoms with Crippen molar-refractivity contribution < 1.29 is 9.72 Å². The predicted octanol–water partition coefficient (Wildman–Crippen LogP) is 1.93. The molecule has 6 nitrogen and oxygen atoms in total. The van der Waals surface area contributed by atoms with Crippen molar-refractivity contribution >= 4 is 23.2 Å². The Morgan fingerprint density at radius 1 is 1.53 bits per heavy atom. The van der Waals surface area contributed by atoms with Crippen LogP contribution < -0.4 is 5.32 Å². The highest BCUT2D eigenvalue weighted by molar-refractivity contribution is 6.32. The van der Waals surface area contributed by atoms with Crippen LogP contribution in [0, 0.1) is 10.1 Å². The van der Waals surface area contributed by atoms with Crippen LogP contribution in [-0.2, 0) is 0 Å². The zero-order chi connectivity index (χ0) is 14.6. The number of halogens is 1. The Hall–Kier alpha value is -1.66. The molecular weight excluding hydrogens is 270 g/mol. The number of nitrogens with one attached hydrogen (secondary N) is 1. The van der Waals surface area contributed by atoms with Crippen molar-refractivity contribution in [1.82, 2.24) is 10.2 Å². The van der Waals surface area contributed by atoms with Gasteiger partial charge in [0.1, 0.15) is 5.02 Å². The summed E-state index contributed by atoms with van der Waals surface area (Å²) in [6.07, 6.45) is 0. The molecule has 0 saturated carbocycles. The zero-order valence-corrected chi connectivity index (χ0v) is 11.8. The van der Waals surface area contributed by atoms with Crippen molar-refractivity contribution in [2.45, 2.75) is 13.0 Å². The lowest BCUT2D eigenvalue weighted by Crippen LogP contribution is -2.38. The maximum absolute atomic E-state index is 11.9. The van der Waals surface area contributed by atoms with Crippen LogP contribution in [0.2, 0.25) is 5.02 Å². The van der Waals surface area contributed by atoms with Gasteiger partial charge in [0.05, 0.1) is 4.92 Å². The summed E-state index contributed by atoms with van der Waals surface area (Å²) >= 11 is 5.68. The molecule has 0 radical (unpaired) electrons. The summed E-state index contributed by atoms with van der Waals surface area (Å²) in [6, 6.07) is 4.17. The largest absolute Gasteiger partial charge is 0.350 e. The molecule has 1 N–H and O–H groups in total. The molecule has 0 aromatic heterocycles. The third kappa shape index (κ3) is 4.18. The van der Waals surface area contributed by atoms with E-state index in [4.69, 9.17) is 11.6 Å². The van der Waals surface area contributed by atoms with Crippen molar-refractivity contribution in [2.75, 3.05) is 20.6 Å². The molecule has 1 amide bonds. The van der Waals surface area contributed by atoms with Gasteiger partial charge >= 0.3 is 0 Å². The molecule has 0 aliphatic rings. The first-order valence-electron chi connectivity index (χ1n) is 5.71. The van der Waals surface area contributed by atoms with Gasteiger partial charge in [-0.05, 0) is 33.2 Å². The molecule has 19 heavy (non-hydrogen) atoms. The average molecular weight is 286 g/mol. The van der Waals surface area contributed by atoms with Gasteiger partial charge in [-0.15, -0.1) is 0 Å². The van der Waals surface area contributed by atoms with E-state index < -0.39 is 4.92 Å². The summed E-state index contributed by atoms with van der Waals surface area (Å²) < 4.78 is 0. The number of amides is 1. The lowest BCUT2D eigenvalue weighted by Gasteiger charge is -2.19. The number of carbonyl (C=O) groups excluding carboxylic acids is 1. The van der Waals surface area contributed by atoms with Gasteiger partial charge in [-0.2, -0.15) is 0 Å². The van der Waals surface area contributed by atoms with Crippen molar-refractivity contribution in [3.8, 4) is 0 Å². The molecule has 1 aromatic rings. The monoisotopic (exact) mass is 285 g/mol. The molecule has 1 rings (SSSR count). The summed E-state index contributed by atoms with van der Waals surface area (Å²) in [7, 11) is 3.81. The molecule has 0 fully saturated rings. The smallest absolute Gasteiger partial charge is 0.288 e.